The van der Waals surface area contributed by atoms with Gasteiger partial charge in [0.2, 0.25) is 0 Å². The lowest BCUT2D eigenvalue weighted by Crippen LogP contribution is -2.34. The molecule has 0 bridgehead atoms. The molecule has 0 aromatic heterocycles. The number of hydrogen-bond acceptors (Lipinski definition) is 4. The van der Waals surface area contributed by atoms with Crippen LogP contribution in [0, 0.1) is 5.92 Å². The van der Waals surface area contributed by atoms with Crippen molar-refractivity contribution >= 4 is 5.97 Å². The molecule has 5 heteroatoms. The predicted octanol–water partition coefficient (Wildman–Crippen LogP) is -0.351. The Bertz CT molecular complexity index is 106. The Hall–Kier alpha value is -0.650. The van der Waals surface area contributed by atoms with E-state index >= 15 is 0 Å². The lowest BCUT2D eigenvalue weighted by Gasteiger charge is -2.07. The number of hydroxylamine groups is 1. The van der Waals surface area contributed by atoms with Crippen LogP contribution in [0.25, 0.3) is 0 Å². The van der Waals surface area contributed by atoms with Gasteiger partial charge < -0.3 is 16.0 Å². The van der Waals surface area contributed by atoms with Crippen LogP contribution < -0.4 is 11.2 Å². The molecule has 0 spiro atoms. The van der Waals surface area contributed by atoms with Crippen LogP contribution in [0.4, 0.5) is 0 Å². The fourth-order valence-electron chi connectivity index (χ4n) is 0.285. The molecule has 0 saturated heterocycles. The summed E-state index contributed by atoms with van der Waals surface area (Å²) < 4.78 is 0. The van der Waals surface area contributed by atoms with Gasteiger partial charge in [0.15, 0.2) is 0 Å². The fraction of sp³-hybridized carbons (Fsp3) is 0.833. The van der Waals surface area contributed by atoms with E-state index in [0.29, 0.717) is 0 Å². The second kappa shape index (κ2) is 7.46. The minimum atomic E-state index is -0.931. The first-order valence-corrected chi connectivity index (χ1v) is 3.26. The second-order valence-corrected chi connectivity index (χ2v) is 2.33. The molecule has 0 fully saturated rings. The topological polar surface area (TPSA) is 95.6 Å². The van der Waals surface area contributed by atoms with Gasteiger partial charge in [0.05, 0.1) is 0 Å². The van der Waals surface area contributed by atoms with E-state index in [9.17, 15) is 4.79 Å². The number of rotatable bonds is 2. The van der Waals surface area contributed by atoms with Gasteiger partial charge in [-0.05, 0) is 5.92 Å². The molecule has 0 aliphatic heterocycles. The summed E-state index contributed by atoms with van der Waals surface area (Å²) in [5, 5.41) is 15.5. The number of carboxylic acids is 1. The molecular weight excluding hydrogens is 148 g/mol. The highest BCUT2D eigenvalue weighted by atomic mass is 16.5. The van der Waals surface area contributed by atoms with Crippen molar-refractivity contribution in [3.05, 3.63) is 0 Å². The minimum Gasteiger partial charge on any atom is -0.480 e. The van der Waals surface area contributed by atoms with Crippen molar-refractivity contribution in [2.45, 2.75) is 19.9 Å². The van der Waals surface area contributed by atoms with Crippen LogP contribution in [0.3, 0.4) is 0 Å². The molecule has 0 rings (SSSR count). The second-order valence-electron chi connectivity index (χ2n) is 2.33. The molecule has 0 unspecified atom stereocenters. The van der Waals surface area contributed by atoms with Crippen LogP contribution in [-0.4, -0.2) is 29.4 Å². The van der Waals surface area contributed by atoms with Crippen molar-refractivity contribution in [2.24, 2.45) is 11.7 Å². The largest absolute Gasteiger partial charge is 0.480 e. The summed E-state index contributed by atoms with van der Waals surface area (Å²) in [5.41, 5.74) is 6.91. The first kappa shape index (κ1) is 13.0. The highest BCUT2D eigenvalue weighted by Gasteiger charge is 2.14. The van der Waals surface area contributed by atoms with Crippen molar-refractivity contribution in [1.29, 1.82) is 0 Å². The van der Waals surface area contributed by atoms with Crippen LogP contribution in [0.5, 0.6) is 0 Å². The van der Waals surface area contributed by atoms with Crippen molar-refractivity contribution < 1.29 is 15.1 Å². The Kier molecular flexibility index (Phi) is 8.80. The smallest absolute Gasteiger partial charge is 0.320 e. The van der Waals surface area contributed by atoms with Gasteiger partial charge in [-0.3, -0.25) is 4.79 Å². The third kappa shape index (κ3) is 9.35. The van der Waals surface area contributed by atoms with E-state index in [-0.39, 0.29) is 5.92 Å². The van der Waals surface area contributed by atoms with Gasteiger partial charge in [0.25, 0.3) is 0 Å². The van der Waals surface area contributed by atoms with E-state index in [4.69, 9.17) is 16.0 Å². The van der Waals surface area contributed by atoms with Crippen molar-refractivity contribution in [3.63, 3.8) is 0 Å². The number of hydrogen-bond donors (Lipinski definition) is 4. The zero-order valence-electron chi connectivity index (χ0n) is 7.03. The van der Waals surface area contributed by atoms with E-state index in [1.165, 1.54) is 7.05 Å². The predicted molar refractivity (Wildman–Crippen MR) is 41.3 cm³/mol. The maximum Gasteiger partial charge on any atom is 0.320 e. The standard InChI is InChI=1S/C5H11NO2.CH5NO/c1-3(2)4(6)5(7)8;1-2-3/h3-4H,6H2,1-2H3,(H,7,8);2-3H,1H3/t4-;/m0./s1. The van der Waals surface area contributed by atoms with Crippen LogP contribution in [-0.2, 0) is 4.79 Å². The number of nitrogens with one attached hydrogen (secondary N) is 1. The van der Waals surface area contributed by atoms with Gasteiger partial charge in [-0.15, -0.1) is 0 Å². The van der Waals surface area contributed by atoms with E-state index < -0.39 is 12.0 Å². The molecule has 68 valence electrons. The van der Waals surface area contributed by atoms with E-state index in [2.05, 4.69) is 0 Å². The Labute approximate surface area is 66.2 Å². The maximum atomic E-state index is 10.0. The van der Waals surface area contributed by atoms with Gasteiger partial charge in [-0.1, -0.05) is 13.8 Å². The summed E-state index contributed by atoms with van der Waals surface area (Å²) in [5.74, 6) is -0.910. The average Bonchev–Trinajstić information content (AvgIpc) is 1.87. The lowest BCUT2D eigenvalue weighted by atomic mass is 10.1. The minimum absolute atomic E-state index is 0.0208. The molecule has 0 radical (unpaired) electrons. The van der Waals surface area contributed by atoms with E-state index in [1.54, 1.807) is 19.3 Å². The molecule has 0 aromatic rings. The molecule has 0 heterocycles. The lowest BCUT2D eigenvalue weighted by molar-refractivity contribution is -0.139. The van der Waals surface area contributed by atoms with Gasteiger partial charge in [0.1, 0.15) is 6.04 Å². The highest BCUT2D eigenvalue weighted by molar-refractivity contribution is 5.73. The number of nitrogens with two attached hydrogens (primary N) is 1. The molecule has 0 aliphatic rings. The van der Waals surface area contributed by atoms with Crippen molar-refractivity contribution in [1.82, 2.24) is 5.48 Å². The number of carboxylic acid groups (broad SMARTS) is 1. The average molecular weight is 164 g/mol. The van der Waals surface area contributed by atoms with E-state index in [0.717, 1.165) is 0 Å². The molecule has 5 nitrogen and oxygen atoms in total. The Morgan fingerprint density at radius 3 is 1.82 bits per heavy atom. The molecule has 0 aliphatic carbocycles. The van der Waals surface area contributed by atoms with Crippen molar-refractivity contribution in [2.75, 3.05) is 7.05 Å². The summed E-state index contributed by atoms with van der Waals surface area (Å²) in [6.07, 6.45) is 0. The maximum absolute atomic E-state index is 10.0. The SMILES string of the molecule is CC(C)[C@H](N)C(=O)O.CNO. The Morgan fingerprint density at radius 2 is 1.82 bits per heavy atom. The summed E-state index contributed by atoms with van der Waals surface area (Å²) in [6, 6.07) is -0.713. The van der Waals surface area contributed by atoms with Gasteiger partial charge in [0, 0.05) is 7.05 Å². The van der Waals surface area contributed by atoms with Crippen LogP contribution in [0.2, 0.25) is 0 Å². The Morgan fingerprint density at radius 1 is 1.55 bits per heavy atom. The molecule has 0 amide bonds. The molecule has 0 saturated carbocycles. The monoisotopic (exact) mass is 164 g/mol. The van der Waals surface area contributed by atoms with Crippen molar-refractivity contribution in [3.8, 4) is 0 Å². The van der Waals surface area contributed by atoms with Crippen LogP contribution in [0.15, 0.2) is 0 Å². The summed E-state index contributed by atoms with van der Waals surface area (Å²) in [7, 11) is 1.43. The fourth-order valence-corrected chi connectivity index (χ4v) is 0.285. The molecule has 0 aromatic carbocycles. The molecule has 1 atom stereocenters. The molecule has 11 heavy (non-hydrogen) atoms. The zero-order valence-corrected chi connectivity index (χ0v) is 7.03. The van der Waals surface area contributed by atoms with Crippen LogP contribution in [0.1, 0.15) is 13.8 Å². The molecule has 5 N–H and O–H groups in total. The Balaban J connectivity index is 0. The number of aliphatic carboxylic acids is 1. The number of carbonyl (C=O) groups is 1. The summed E-state index contributed by atoms with van der Waals surface area (Å²) >= 11 is 0. The normalized spacial score (nSPS) is 11.8. The van der Waals surface area contributed by atoms with Gasteiger partial charge >= 0.3 is 5.97 Å². The van der Waals surface area contributed by atoms with E-state index in [1.807, 2.05) is 0 Å². The summed E-state index contributed by atoms with van der Waals surface area (Å²) in [4.78, 5) is 10.0. The summed E-state index contributed by atoms with van der Waals surface area (Å²) in [6.45, 7) is 3.55. The third-order valence-electron chi connectivity index (χ3n) is 1.00. The third-order valence-corrected chi connectivity index (χ3v) is 1.00. The zero-order chi connectivity index (χ0) is 9.44. The first-order valence-electron chi connectivity index (χ1n) is 3.26. The first-order chi connectivity index (χ1) is 4.97. The van der Waals surface area contributed by atoms with Crippen LogP contribution >= 0.6 is 0 Å². The quantitative estimate of drug-likeness (QED) is 0.418. The molecular formula is C6H16N2O3. The van der Waals surface area contributed by atoms with Gasteiger partial charge in [-0.2, -0.15) is 0 Å². The van der Waals surface area contributed by atoms with Gasteiger partial charge in [-0.25, -0.2) is 5.48 Å². The highest BCUT2D eigenvalue weighted by Crippen LogP contribution is 1.96.